The minimum absolute atomic E-state index is 0.170. The van der Waals surface area contributed by atoms with Crippen molar-refractivity contribution >= 4 is 46.9 Å². The molecule has 4 amide bonds. The second-order valence-electron chi connectivity index (χ2n) is 7.67. The Morgan fingerprint density at radius 2 is 2.07 bits per heavy atom. The molecule has 0 bridgehead atoms. The van der Waals surface area contributed by atoms with E-state index in [0.717, 1.165) is 34.7 Å². The van der Waals surface area contributed by atoms with Crippen LogP contribution in [0.5, 0.6) is 0 Å². The van der Waals surface area contributed by atoms with Gasteiger partial charge in [0, 0.05) is 21.7 Å². The number of rotatable bonds is 3. The van der Waals surface area contributed by atoms with Crippen LogP contribution in [0.15, 0.2) is 23.1 Å². The van der Waals surface area contributed by atoms with Gasteiger partial charge in [-0.1, -0.05) is 18.5 Å². The summed E-state index contributed by atoms with van der Waals surface area (Å²) in [6.07, 6.45) is 2.68. The number of fused-ring (bicyclic) bond motifs is 1. The maximum Gasteiger partial charge on any atom is 0.325 e. The summed E-state index contributed by atoms with van der Waals surface area (Å²) < 4.78 is 0. The predicted molar refractivity (Wildman–Crippen MR) is 105 cm³/mol. The van der Waals surface area contributed by atoms with E-state index < -0.39 is 11.6 Å². The molecule has 1 aromatic rings. The molecule has 4 rings (SSSR count). The van der Waals surface area contributed by atoms with Gasteiger partial charge in [-0.05, 0) is 50.3 Å². The van der Waals surface area contributed by atoms with Crippen molar-refractivity contribution in [3.05, 3.63) is 23.2 Å². The van der Waals surface area contributed by atoms with Gasteiger partial charge in [0.1, 0.15) is 12.1 Å². The summed E-state index contributed by atoms with van der Waals surface area (Å²) in [4.78, 5) is 42.0. The fraction of sp³-hybridized carbons (Fsp3) is 0.526. The molecule has 2 aliphatic heterocycles. The molecule has 1 saturated heterocycles. The topological polar surface area (TPSA) is 69.7 Å². The number of anilines is 1. The number of nitrogens with zero attached hydrogens (tertiary/aromatic N) is 2. The summed E-state index contributed by atoms with van der Waals surface area (Å²) in [6, 6.07) is 5.03. The van der Waals surface area contributed by atoms with Gasteiger partial charge in [-0.25, -0.2) is 4.79 Å². The first-order valence-electron chi connectivity index (χ1n) is 9.20. The number of amides is 4. The van der Waals surface area contributed by atoms with Gasteiger partial charge in [-0.3, -0.25) is 14.5 Å². The lowest BCUT2D eigenvalue weighted by atomic mass is 9.96. The lowest BCUT2D eigenvalue weighted by molar-refractivity contribution is -0.134. The Labute approximate surface area is 167 Å². The SMILES string of the molecule is CC1CCN(C(=O)CN2C(=O)NC(C)(C3CC3)C2=O)c2cc(Cl)ccc2S1. The highest BCUT2D eigenvalue weighted by Gasteiger charge is 2.56. The lowest BCUT2D eigenvalue weighted by Gasteiger charge is -2.25. The predicted octanol–water partition coefficient (Wildman–Crippen LogP) is 3.28. The third-order valence-electron chi connectivity index (χ3n) is 5.59. The molecule has 1 N–H and O–H groups in total. The van der Waals surface area contributed by atoms with Gasteiger partial charge < -0.3 is 10.2 Å². The molecule has 1 saturated carbocycles. The van der Waals surface area contributed by atoms with Gasteiger partial charge >= 0.3 is 6.03 Å². The molecule has 8 heteroatoms. The molecule has 1 aromatic carbocycles. The van der Waals surface area contributed by atoms with Crippen LogP contribution in [-0.2, 0) is 9.59 Å². The van der Waals surface area contributed by atoms with Crippen LogP contribution in [0.25, 0.3) is 0 Å². The molecule has 2 fully saturated rings. The van der Waals surface area contributed by atoms with Crippen molar-refractivity contribution in [3.63, 3.8) is 0 Å². The smallest absolute Gasteiger partial charge is 0.323 e. The molecule has 27 heavy (non-hydrogen) atoms. The van der Waals surface area contributed by atoms with Crippen molar-refractivity contribution in [1.29, 1.82) is 0 Å². The second kappa shape index (κ2) is 6.71. The zero-order valence-corrected chi connectivity index (χ0v) is 16.9. The van der Waals surface area contributed by atoms with E-state index in [2.05, 4.69) is 12.2 Å². The number of hydrogen-bond donors (Lipinski definition) is 1. The molecule has 0 aromatic heterocycles. The molecule has 3 aliphatic rings. The summed E-state index contributed by atoms with van der Waals surface area (Å²) in [5.74, 6) is -0.395. The van der Waals surface area contributed by atoms with Crippen molar-refractivity contribution in [3.8, 4) is 0 Å². The highest BCUT2D eigenvalue weighted by molar-refractivity contribution is 8.00. The zero-order valence-electron chi connectivity index (χ0n) is 15.3. The van der Waals surface area contributed by atoms with Gasteiger partial charge in [0.15, 0.2) is 0 Å². The van der Waals surface area contributed by atoms with Crippen LogP contribution in [-0.4, -0.2) is 46.6 Å². The first-order chi connectivity index (χ1) is 12.8. The molecule has 2 unspecified atom stereocenters. The van der Waals surface area contributed by atoms with E-state index >= 15 is 0 Å². The van der Waals surface area contributed by atoms with E-state index in [1.807, 2.05) is 12.1 Å². The number of benzene rings is 1. The number of carbonyl (C=O) groups is 3. The first-order valence-corrected chi connectivity index (χ1v) is 10.5. The minimum Gasteiger partial charge on any atom is -0.323 e. The molecule has 2 atom stereocenters. The van der Waals surface area contributed by atoms with Gasteiger partial charge in [-0.15, -0.1) is 11.8 Å². The van der Waals surface area contributed by atoms with E-state index in [0.29, 0.717) is 16.8 Å². The third kappa shape index (κ3) is 3.31. The molecule has 0 radical (unpaired) electrons. The molecule has 1 aliphatic carbocycles. The van der Waals surface area contributed by atoms with Gasteiger partial charge in [-0.2, -0.15) is 0 Å². The van der Waals surface area contributed by atoms with Crippen molar-refractivity contribution in [2.45, 2.75) is 48.8 Å². The first kappa shape index (κ1) is 18.6. The van der Waals surface area contributed by atoms with E-state index in [-0.39, 0.29) is 24.3 Å². The maximum atomic E-state index is 13.1. The zero-order chi connectivity index (χ0) is 19.3. The average Bonchev–Trinajstić information content (AvgIpc) is 3.44. The fourth-order valence-corrected chi connectivity index (χ4v) is 5.04. The minimum atomic E-state index is -0.873. The van der Waals surface area contributed by atoms with Crippen molar-refractivity contribution in [2.24, 2.45) is 5.92 Å². The van der Waals surface area contributed by atoms with Crippen LogP contribution >= 0.6 is 23.4 Å². The monoisotopic (exact) mass is 407 g/mol. The van der Waals surface area contributed by atoms with Gasteiger partial charge in [0.2, 0.25) is 5.91 Å². The van der Waals surface area contributed by atoms with Crippen LogP contribution in [0.3, 0.4) is 0 Å². The normalized spacial score (nSPS) is 28.0. The van der Waals surface area contributed by atoms with Crippen LogP contribution in [0, 0.1) is 5.92 Å². The van der Waals surface area contributed by atoms with E-state index in [4.69, 9.17) is 11.6 Å². The number of halogens is 1. The Balaban J connectivity index is 1.57. The molecule has 6 nitrogen and oxygen atoms in total. The van der Waals surface area contributed by atoms with Crippen LogP contribution in [0.2, 0.25) is 5.02 Å². The quantitative estimate of drug-likeness (QED) is 0.780. The standard InChI is InChI=1S/C19H22ClN3O3S/c1-11-7-8-22(14-9-13(20)5-6-15(14)27-11)16(24)10-23-17(25)19(2,12-3-4-12)21-18(23)26/h5-6,9,11-12H,3-4,7-8,10H2,1-2H3,(H,21,26). The summed E-state index contributed by atoms with van der Waals surface area (Å²) >= 11 is 7.86. The fourth-order valence-electron chi connectivity index (χ4n) is 3.78. The Morgan fingerprint density at radius 1 is 1.33 bits per heavy atom. The maximum absolute atomic E-state index is 13.1. The highest BCUT2D eigenvalue weighted by Crippen LogP contribution is 2.43. The van der Waals surface area contributed by atoms with Crippen LogP contribution < -0.4 is 10.2 Å². The number of carbonyl (C=O) groups excluding carboxylic acids is 3. The number of nitrogens with one attached hydrogen (secondary N) is 1. The van der Waals surface area contributed by atoms with Crippen LogP contribution in [0.1, 0.15) is 33.1 Å². The number of urea groups is 1. The van der Waals surface area contributed by atoms with Crippen molar-refractivity contribution in [1.82, 2.24) is 10.2 Å². The summed E-state index contributed by atoms with van der Waals surface area (Å²) in [7, 11) is 0. The van der Waals surface area contributed by atoms with E-state index in [1.54, 1.807) is 29.7 Å². The molecule has 144 valence electrons. The number of imide groups is 1. The van der Waals surface area contributed by atoms with E-state index in [9.17, 15) is 14.4 Å². The van der Waals surface area contributed by atoms with Gasteiger partial charge in [0.05, 0.1) is 5.69 Å². The van der Waals surface area contributed by atoms with Crippen LogP contribution in [0.4, 0.5) is 10.5 Å². The summed E-state index contributed by atoms with van der Waals surface area (Å²) in [5.41, 5.74) is -0.124. The average molecular weight is 408 g/mol. The van der Waals surface area contributed by atoms with E-state index in [1.165, 1.54) is 0 Å². The highest BCUT2D eigenvalue weighted by atomic mass is 35.5. The number of hydrogen-bond acceptors (Lipinski definition) is 4. The summed E-state index contributed by atoms with van der Waals surface area (Å²) in [6.45, 7) is 4.16. The largest absolute Gasteiger partial charge is 0.325 e. The Hall–Kier alpha value is -1.73. The molecular weight excluding hydrogens is 386 g/mol. The molecular formula is C19H22ClN3O3S. The molecule has 2 heterocycles. The Bertz CT molecular complexity index is 828. The Morgan fingerprint density at radius 3 is 2.78 bits per heavy atom. The molecule has 0 spiro atoms. The lowest BCUT2D eigenvalue weighted by Crippen LogP contribution is -2.47. The Kier molecular flexibility index (Phi) is 4.63. The van der Waals surface area contributed by atoms with Crippen molar-refractivity contribution in [2.75, 3.05) is 18.0 Å². The third-order valence-corrected chi connectivity index (χ3v) is 7.06. The van der Waals surface area contributed by atoms with Gasteiger partial charge in [0.25, 0.3) is 5.91 Å². The summed E-state index contributed by atoms with van der Waals surface area (Å²) in [5, 5.41) is 3.70. The second-order valence-corrected chi connectivity index (χ2v) is 9.59. The van der Waals surface area contributed by atoms with Crippen molar-refractivity contribution < 1.29 is 14.4 Å². The number of thioether (sulfide) groups is 1.